The van der Waals surface area contributed by atoms with Gasteiger partial charge in [0.2, 0.25) is 0 Å². The van der Waals surface area contributed by atoms with Crippen LogP contribution in [-0.4, -0.2) is 21.4 Å². The zero-order chi connectivity index (χ0) is 17.3. The molecule has 3 heteroatoms. The second kappa shape index (κ2) is 6.43. The predicted octanol–water partition coefficient (Wildman–Crippen LogP) is 4.79. The third-order valence-corrected chi connectivity index (χ3v) is 5.34. The first-order chi connectivity index (χ1) is 12.9. The number of H-pyrrole nitrogens is 1. The Bertz CT molecular complexity index is 1050. The van der Waals surface area contributed by atoms with E-state index in [4.69, 9.17) is 0 Å². The van der Waals surface area contributed by atoms with Crippen molar-refractivity contribution in [1.82, 2.24) is 14.9 Å². The van der Waals surface area contributed by atoms with E-state index < -0.39 is 0 Å². The summed E-state index contributed by atoms with van der Waals surface area (Å²) in [7, 11) is 0. The van der Waals surface area contributed by atoms with E-state index in [1.54, 1.807) is 0 Å². The van der Waals surface area contributed by atoms with Crippen LogP contribution in [0.25, 0.3) is 22.2 Å². The van der Waals surface area contributed by atoms with E-state index in [0.29, 0.717) is 0 Å². The minimum absolute atomic E-state index is 0.964. The fraction of sp³-hybridized carbons (Fsp3) is 0.174. The molecule has 1 aliphatic rings. The molecule has 5 rings (SSSR count). The molecule has 0 fully saturated rings. The Labute approximate surface area is 153 Å². The van der Waals surface area contributed by atoms with Crippen LogP contribution in [0.4, 0.5) is 0 Å². The summed E-state index contributed by atoms with van der Waals surface area (Å²) in [6.45, 7) is 3.07. The van der Waals surface area contributed by atoms with Gasteiger partial charge in [0.25, 0.3) is 0 Å². The van der Waals surface area contributed by atoms with Crippen LogP contribution in [0.1, 0.15) is 16.7 Å². The largest absolute Gasteiger partial charge is 0.346 e. The normalized spacial score (nSPS) is 14.5. The van der Waals surface area contributed by atoms with Gasteiger partial charge in [-0.1, -0.05) is 48.5 Å². The fourth-order valence-corrected chi connectivity index (χ4v) is 3.94. The minimum Gasteiger partial charge on any atom is -0.346 e. The number of nitrogens with one attached hydrogen (secondary N) is 1. The molecule has 3 heterocycles. The van der Waals surface area contributed by atoms with Gasteiger partial charge in [-0.05, 0) is 46.4 Å². The second-order valence-electron chi connectivity index (χ2n) is 7.02. The Balaban J connectivity index is 1.37. The summed E-state index contributed by atoms with van der Waals surface area (Å²) in [6.07, 6.45) is 5.05. The van der Waals surface area contributed by atoms with E-state index in [0.717, 1.165) is 31.7 Å². The molecule has 0 saturated heterocycles. The topological polar surface area (TPSA) is 31.9 Å². The van der Waals surface area contributed by atoms with Crippen molar-refractivity contribution in [3.8, 4) is 11.1 Å². The van der Waals surface area contributed by atoms with Crippen LogP contribution in [0.3, 0.4) is 0 Å². The van der Waals surface area contributed by atoms with E-state index in [-0.39, 0.29) is 0 Å². The van der Waals surface area contributed by atoms with Gasteiger partial charge >= 0.3 is 0 Å². The molecule has 0 atom stereocenters. The lowest BCUT2D eigenvalue weighted by atomic mass is 9.94. The van der Waals surface area contributed by atoms with Crippen molar-refractivity contribution >= 4 is 11.0 Å². The van der Waals surface area contributed by atoms with Gasteiger partial charge in [-0.25, -0.2) is 4.98 Å². The van der Waals surface area contributed by atoms with E-state index >= 15 is 0 Å². The number of rotatable bonds is 3. The smallest absolute Gasteiger partial charge is 0.137 e. The van der Waals surface area contributed by atoms with Gasteiger partial charge in [0.15, 0.2) is 0 Å². The Kier molecular flexibility index (Phi) is 3.80. The number of aromatic amines is 1. The lowest BCUT2D eigenvalue weighted by Gasteiger charge is -2.29. The first-order valence-electron chi connectivity index (χ1n) is 9.17. The van der Waals surface area contributed by atoms with Gasteiger partial charge in [0.1, 0.15) is 5.65 Å². The van der Waals surface area contributed by atoms with Gasteiger partial charge in [0, 0.05) is 37.4 Å². The maximum Gasteiger partial charge on any atom is 0.137 e. The monoisotopic (exact) mass is 339 g/mol. The summed E-state index contributed by atoms with van der Waals surface area (Å²) in [5.41, 5.74) is 7.87. The molecule has 0 aliphatic carbocycles. The molecule has 1 N–H and O–H groups in total. The molecular formula is C23H21N3. The molecule has 1 aliphatic heterocycles. The van der Waals surface area contributed by atoms with Crippen molar-refractivity contribution < 1.29 is 0 Å². The van der Waals surface area contributed by atoms with E-state index in [9.17, 15) is 0 Å². The van der Waals surface area contributed by atoms with Crippen LogP contribution >= 0.6 is 0 Å². The summed E-state index contributed by atoms with van der Waals surface area (Å²) < 4.78 is 0. The first kappa shape index (κ1) is 15.4. The van der Waals surface area contributed by atoms with Crippen molar-refractivity contribution in [2.24, 2.45) is 0 Å². The standard InChI is InChI=1S/C23H21N3/c1-2-5-17(6-3-1)18-8-9-20-15-26(12-10-19(20)13-18)16-21-14-25-23-22(21)7-4-11-24-23/h1-9,11,13-14H,10,12,15-16H2,(H,24,25). The molecule has 0 saturated carbocycles. The fourth-order valence-electron chi connectivity index (χ4n) is 3.94. The molecule has 4 aromatic rings. The highest BCUT2D eigenvalue weighted by molar-refractivity contribution is 5.79. The number of pyridine rings is 1. The number of nitrogens with zero attached hydrogens (tertiary/aromatic N) is 2. The SMILES string of the molecule is c1ccc(-c2ccc3c(c2)CCN(Cc2c[nH]c4ncccc24)C3)cc1. The van der Waals surface area contributed by atoms with Crippen molar-refractivity contribution in [3.63, 3.8) is 0 Å². The quantitative estimate of drug-likeness (QED) is 0.582. The second-order valence-corrected chi connectivity index (χ2v) is 7.02. The molecule has 2 aromatic carbocycles. The maximum absolute atomic E-state index is 4.40. The van der Waals surface area contributed by atoms with Crippen LogP contribution in [0.15, 0.2) is 73.1 Å². The highest BCUT2D eigenvalue weighted by Gasteiger charge is 2.18. The minimum atomic E-state index is 0.964. The van der Waals surface area contributed by atoms with Gasteiger partial charge in [-0.2, -0.15) is 0 Å². The Morgan fingerprint density at radius 2 is 1.85 bits per heavy atom. The molecule has 0 unspecified atom stereocenters. The van der Waals surface area contributed by atoms with Crippen molar-refractivity contribution in [3.05, 3.63) is 89.7 Å². The predicted molar refractivity (Wildman–Crippen MR) is 106 cm³/mol. The Morgan fingerprint density at radius 3 is 2.77 bits per heavy atom. The molecule has 0 radical (unpaired) electrons. The molecule has 26 heavy (non-hydrogen) atoms. The van der Waals surface area contributed by atoms with Gasteiger partial charge < -0.3 is 4.98 Å². The maximum atomic E-state index is 4.40. The molecule has 0 bridgehead atoms. The first-order valence-corrected chi connectivity index (χ1v) is 9.17. The average molecular weight is 339 g/mol. The molecule has 2 aromatic heterocycles. The van der Waals surface area contributed by atoms with Crippen molar-refractivity contribution in [2.75, 3.05) is 6.54 Å². The number of hydrogen-bond acceptors (Lipinski definition) is 2. The number of fused-ring (bicyclic) bond motifs is 2. The van der Waals surface area contributed by atoms with E-state index in [1.165, 1.54) is 33.2 Å². The van der Waals surface area contributed by atoms with Crippen LogP contribution in [0, 0.1) is 0 Å². The highest BCUT2D eigenvalue weighted by Crippen LogP contribution is 2.27. The lowest BCUT2D eigenvalue weighted by molar-refractivity contribution is 0.246. The number of hydrogen-bond donors (Lipinski definition) is 1. The average Bonchev–Trinajstić information content (AvgIpc) is 3.11. The lowest BCUT2D eigenvalue weighted by Crippen LogP contribution is -2.30. The zero-order valence-electron chi connectivity index (χ0n) is 14.7. The van der Waals surface area contributed by atoms with Crippen LogP contribution in [0.5, 0.6) is 0 Å². The zero-order valence-corrected chi connectivity index (χ0v) is 14.7. The van der Waals surface area contributed by atoms with Crippen LogP contribution in [-0.2, 0) is 19.5 Å². The Morgan fingerprint density at radius 1 is 0.923 bits per heavy atom. The molecule has 128 valence electrons. The summed E-state index contributed by atoms with van der Waals surface area (Å²) >= 11 is 0. The molecular weight excluding hydrogens is 318 g/mol. The van der Waals surface area contributed by atoms with Gasteiger partial charge in [0.05, 0.1) is 0 Å². The number of benzene rings is 2. The molecule has 0 spiro atoms. The summed E-state index contributed by atoms with van der Waals surface area (Å²) in [6, 6.07) is 21.7. The van der Waals surface area contributed by atoms with Gasteiger partial charge in [-0.15, -0.1) is 0 Å². The third kappa shape index (κ3) is 2.80. The van der Waals surface area contributed by atoms with Gasteiger partial charge in [-0.3, -0.25) is 4.90 Å². The number of aromatic nitrogens is 2. The molecule has 0 amide bonds. The molecule has 3 nitrogen and oxygen atoms in total. The highest BCUT2D eigenvalue weighted by atomic mass is 15.1. The van der Waals surface area contributed by atoms with Crippen LogP contribution < -0.4 is 0 Å². The third-order valence-electron chi connectivity index (χ3n) is 5.34. The summed E-state index contributed by atoms with van der Waals surface area (Å²) in [5, 5.41) is 1.23. The van der Waals surface area contributed by atoms with E-state index in [1.807, 2.05) is 12.3 Å². The van der Waals surface area contributed by atoms with Crippen molar-refractivity contribution in [1.29, 1.82) is 0 Å². The van der Waals surface area contributed by atoms with Crippen molar-refractivity contribution in [2.45, 2.75) is 19.5 Å². The summed E-state index contributed by atoms with van der Waals surface area (Å²) in [5.74, 6) is 0. The van der Waals surface area contributed by atoms with Crippen LogP contribution in [0.2, 0.25) is 0 Å². The Hall–Kier alpha value is -2.91. The van der Waals surface area contributed by atoms with E-state index in [2.05, 4.69) is 75.7 Å². The summed E-state index contributed by atoms with van der Waals surface area (Å²) in [4.78, 5) is 10.2.